The van der Waals surface area contributed by atoms with Gasteiger partial charge in [-0.3, -0.25) is 9.10 Å². The van der Waals surface area contributed by atoms with E-state index in [9.17, 15) is 13.2 Å². The number of hydrogen-bond acceptors (Lipinski definition) is 5. The molecule has 1 atom stereocenters. The van der Waals surface area contributed by atoms with Crippen molar-refractivity contribution in [1.82, 2.24) is 5.32 Å². The number of ether oxygens (including phenoxy) is 2. The van der Waals surface area contributed by atoms with E-state index in [1.54, 1.807) is 43.5 Å². The Morgan fingerprint density at radius 1 is 1.11 bits per heavy atom. The number of amides is 1. The first-order valence-corrected chi connectivity index (χ1v) is 13.8. The van der Waals surface area contributed by atoms with Crippen molar-refractivity contribution < 1.29 is 22.7 Å². The predicted molar refractivity (Wildman–Crippen MR) is 145 cm³/mol. The van der Waals surface area contributed by atoms with E-state index in [2.05, 4.69) is 5.32 Å². The molecule has 3 aromatic rings. The van der Waals surface area contributed by atoms with Gasteiger partial charge in [-0.05, 0) is 69.2 Å². The molecule has 1 aliphatic heterocycles. The lowest BCUT2D eigenvalue weighted by molar-refractivity contribution is -0.120. The van der Waals surface area contributed by atoms with Crippen LogP contribution in [0.15, 0.2) is 71.6 Å². The Labute approximate surface area is 219 Å². The van der Waals surface area contributed by atoms with Crippen LogP contribution in [0.2, 0.25) is 0 Å². The minimum atomic E-state index is -4.01. The lowest BCUT2D eigenvalue weighted by Crippen LogP contribution is -2.45. The molecule has 1 N–H and O–H groups in total. The van der Waals surface area contributed by atoms with Gasteiger partial charge in [0.15, 0.2) is 0 Å². The van der Waals surface area contributed by atoms with Crippen molar-refractivity contribution >= 4 is 21.6 Å². The van der Waals surface area contributed by atoms with Crippen molar-refractivity contribution in [2.24, 2.45) is 0 Å². The number of anilines is 1. The van der Waals surface area contributed by atoms with E-state index in [1.165, 1.54) is 4.31 Å². The minimum Gasteiger partial charge on any atom is -0.497 e. The number of sulfonamides is 1. The number of benzene rings is 3. The molecule has 1 aliphatic rings. The van der Waals surface area contributed by atoms with E-state index >= 15 is 0 Å². The van der Waals surface area contributed by atoms with Gasteiger partial charge < -0.3 is 14.8 Å². The van der Waals surface area contributed by atoms with Crippen molar-refractivity contribution in [2.45, 2.75) is 57.1 Å². The summed E-state index contributed by atoms with van der Waals surface area (Å²) in [4.78, 5) is 13.7. The molecule has 0 spiro atoms. The second kappa shape index (κ2) is 10.5. The summed E-state index contributed by atoms with van der Waals surface area (Å²) in [6, 6.07) is 19.1. The van der Waals surface area contributed by atoms with E-state index in [0.717, 1.165) is 16.7 Å². The first-order valence-electron chi connectivity index (χ1n) is 12.4. The molecule has 37 heavy (non-hydrogen) atoms. The number of nitrogens with one attached hydrogen (secondary N) is 1. The molecule has 196 valence electrons. The smallest absolute Gasteiger partial charge is 0.264 e. The van der Waals surface area contributed by atoms with Crippen LogP contribution in [-0.2, 0) is 21.2 Å². The average molecular weight is 523 g/mol. The lowest BCUT2D eigenvalue weighted by atomic mass is 9.89. The minimum absolute atomic E-state index is 0.138. The first-order chi connectivity index (χ1) is 17.5. The molecular formula is C29H34N2O5S. The van der Waals surface area contributed by atoms with Crippen LogP contribution in [0.1, 0.15) is 49.9 Å². The zero-order valence-electron chi connectivity index (χ0n) is 21.9. The summed E-state index contributed by atoms with van der Waals surface area (Å²) in [5.74, 6) is 0.919. The molecule has 3 aromatic carbocycles. The lowest BCUT2D eigenvalue weighted by Gasteiger charge is -2.38. The molecule has 4 rings (SSSR count). The Morgan fingerprint density at radius 3 is 2.49 bits per heavy atom. The monoisotopic (exact) mass is 522 g/mol. The third kappa shape index (κ3) is 5.74. The molecule has 0 bridgehead atoms. The van der Waals surface area contributed by atoms with Gasteiger partial charge in [0.2, 0.25) is 5.91 Å². The topological polar surface area (TPSA) is 84.9 Å². The molecule has 0 radical (unpaired) electrons. The van der Waals surface area contributed by atoms with Crippen molar-refractivity contribution in [1.29, 1.82) is 0 Å². The van der Waals surface area contributed by atoms with E-state index in [4.69, 9.17) is 9.47 Å². The number of hydrogen-bond donors (Lipinski definition) is 1. The molecule has 0 aliphatic carbocycles. The first kappa shape index (κ1) is 26.5. The zero-order valence-corrected chi connectivity index (χ0v) is 22.8. The number of nitrogens with zero attached hydrogens (tertiary/aromatic N) is 1. The maximum atomic E-state index is 13.8. The van der Waals surface area contributed by atoms with Crippen molar-refractivity contribution in [2.75, 3.05) is 18.0 Å². The van der Waals surface area contributed by atoms with Crippen LogP contribution in [-0.4, -0.2) is 33.6 Å². The highest BCUT2D eigenvalue weighted by atomic mass is 32.2. The molecule has 1 unspecified atom stereocenters. The van der Waals surface area contributed by atoms with Crippen molar-refractivity contribution in [3.05, 3.63) is 83.4 Å². The third-order valence-corrected chi connectivity index (χ3v) is 8.32. The maximum absolute atomic E-state index is 13.8. The van der Waals surface area contributed by atoms with Gasteiger partial charge in [-0.15, -0.1) is 0 Å². The summed E-state index contributed by atoms with van der Waals surface area (Å²) in [5.41, 5.74) is 2.58. The van der Waals surface area contributed by atoms with Gasteiger partial charge in [-0.1, -0.05) is 42.8 Å². The van der Waals surface area contributed by atoms with Crippen LogP contribution >= 0.6 is 0 Å². The van der Waals surface area contributed by atoms with E-state index < -0.39 is 21.5 Å². The normalized spacial score (nSPS) is 16.3. The fraction of sp³-hybridized carbons (Fsp3) is 0.345. The van der Waals surface area contributed by atoms with E-state index in [-0.39, 0.29) is 17.5 Å². The number of carbonyl (C=O) groups is 1. The summed E-state index contributed by atoms with van der Waals surface area (Å²) in [6.07, 6.45) is 1.15. The van der Waals surface area contributed by atoms with Crippen LogP contribution in [0.5, 0.6) is 11.5 Å². The Kier molecular flexibility index (Phi) is 7.50. The molecule has 0 saturated carbocycles. The SMILES string of the molecule is CCc1ccccc1N(CC(=O)NC1CC(C)(C)Oc2ccc(OC)cc21)S(=O)(=O)c1ccc(C)cc1. The van der Waals surface area contributed by atoms with Crippen LogP contribution < -0.4 is 19.1 Å². The van der Waals surface area contributed by atoms with Crippen LogP contribution in [0, 0.1) is 6.92 Å². The number of carbonyl (C=O) groups excluding carboxylic acids is 1. The zero-order chi connectivity index (χ0) is 26.8. The summed E-state index contributed by atoms with van der Waals surface area (Å²) in [6.45, 7) is 7.43. The highest BCUT2D eigenvalue weighted by Crippen LogP contribution is 2.41. The van der Waals surface area contributed by atoms with E-state index in [1.807, 2.05) is 58.0 Å². The second-order valence-electron chi connectivity index (χ2n) is 9.90. The Hall–Kier alpha value is -3.52. The molecule has 1 amide bonds. The highest BCUT2D eigenvalue weighted by Gasteiger charge is 2.36. The van der Waals surface area contributed by atoms with Crippen LogP contribution in [0.3, 0.4) is 0 Å². The molecular weight excluding hydrogens is 488 g/mol. The standard InChI is InChI=1S/C29H34N2O5S/c1-6-21-9-7-8-10-26(21)31(37(33,34)23-14-11-20(2)12-15-23)19-28(32)30-25-18-29(3,4)36-27-16-13-22(35-5)17-24(25)27/h7-17,25H,6,18-19H2,1-5H3,(H,30,32). The third-order valence-electron chi connectivity index (χ3n) is 6.55. The molecule has 0 saturated heterocycles. The summed E-state index contributed by atoms with van der Waals surface area (Å²) >= 11 is 0. The Bertz CT molecular complexity index is 1380. The number of methoxy groups -OCH3 is 1. The molecule has 0 fully saturated rings. The fourth-order valence-electron chi connectivity index (χ4n) is 4.65. The van der Waals surface area contributed by atoms with Gasteiger partial charge in [0.25, 0.3) is 10.0 Å². The quantitative estimate of drug-likeness (QED) is 0.441. The van der Waals surface area contributed by atoms with Crippen molar-refractivity contribution in [3.8, 4) is 11.5 Å². The number of aryl methyl sites for hydroxylation is 2. The molecule has 7 nitrogen and oxygen atoms in total. The molecule has 0 aromatic heterocycles. The summed E-state index contributed by atoms with van der Waals surface area (Å²) < 4.78 is 40.4. The average Bonchev–Trinajstić information content (AvgIpc) is 2.86. The predicted octanol–water partition coefficient (Wildman–Crippen LogP) is 5.18. The Balaban J connectivity index is 1.69. The maximum Gasteiger partial charge on any atom is 0.264 e. The number of fused-ring (bicyclic) bond motifs is 1. The number of rotatable bonds is 8. The van der Waals surface area contributed by atoms with Crippen LogP contribution in [0.4, 0.5) is 5.69 Å². The van der Waals surface area contributed by atoms with Crippen molar-refractivity contribution in [3.63, 3.8) is 0 Å². The van der Waals surface area contributed by atoms with E-state index in [0.29, 0.717) is 30.0 Å². The van der Waals surface area contributed by atoms with Crippen LogP contribution in [0.25, 0.3) is 0 Å². The van der Waals surface area contributed by atoms with Gasteiger partial charge >= 0.3 is 0 Å². The van der Waals surface area contributed by atoms with Gasteiger partial charge in [-0.2, -0.15) is 0 Å². The van der Waals surface area contributed by atoms with Gasteiger partial charge in [0.05, 0.1) is 23.7 Å². The fourth-order valence-corrected chi connectivity index (χ4v) is 6.11. The summed E-state index contributed by atoms with van der Waals surface area (Å²) in [5, 5.41) is 3.07. The second-order valence-corrected chi connectivity index (χ2v) is 11.8. The van der Waals surface area contributed by atoms with Gasteiger partial charge in [-0.25, -0.2) is 8.42 Å². The summed E-state index contributed by atoms with van der Waals surface area (Å²) in [7, 11) is -2.42. The number of para-hydroxylation sites is 1. The highest BCUT2D eigenvalue weighted by molar-refractivity contribution is 7.92. The van der Waals surface area contributed by atoms with Gasteiger partial charge in [0.1, 0.15) is 23.6 Å². The van der Waals surface area contributed by atoms with Gasteiger partial charge in [0, 0.05) is 12.0 Å². The molecule has 1 heterocycles. The molecule has 8 heteroatoms. The Morgan fingerprint density at radius 2 is 1.81 bits per heavy atom. The largest absolute Gasteiger partial charge is 0.497 e.